The second-order valence-electron chi connectivity index (χ2n) is 3.58. The van der Waals surface area contributed by atoms with E-state index in [-0.39, 0.29) is 25.7 Å². The largest absolute Gasteiger partial charge is 0.370 e. The van der Waals surface area contributed by atoms with Crippen molar-refractivity contribution < 1.29 is 19.2 Å². The Morgan fingerprint density at radius 2 is 1.69 bits per heavy atom. The molecule has 1 heterocycles. The number of imide groups is 1. The van der Waals surface area contributed by atoms with Gasteiger partial charge in [0, 0.05) is 19.3 Å². The van der Waals surface area contributed by atoms with E-state index in [0.29, 0.717) is 0 Å². The summed E-state index contributed by atoms with van der Waals surface area (Å²) in [6.45, 7) is 0. The van der Waals surface area contributed by atoms with Gasteiger partial charge in [-0.1, -0.05) is 0 Å². The van der Waals surface area contributed by atoms with E-state index in [4.69, 9.17) is 11.5 Å². The molecule has 0 radical (unpaired) electrons. The molecule has 7 heteroatoms. The van der Waals surface area contributed by atoms with E-state index in [2.05, 4.69) is 0 Å². The Hall–Kier alpha value is -1.92. The van der Waals surface area contributed by atoms with Gasteiger partial charge in [-0.2, -0.15) is 0 Å². The van der Waals surface area contributed by atoms with Crippen LogP contribution in [-0.2, 0) is 19.2 Å². The zero-order valence-electron chi connectivity index (χ0n) is 8.64. The number of carbonyl (C=O) groups is 4. The minimum Gasteiger partial charge on any atom is -0.370 e. The summed E-state index contributed by atoms with van der Waals surface area (Å²) < 4.78 is 0. The van der Waals surface area contributed by atoms with Crippen molar-refractivity contribution in [3.05, 3.63) is 0 Å². The van der Waals surface area contributed by atoms with E-state index in [9.17, 15) is 19.2 Å². The Kier molecular flexibility index (Phi) is 3.60. The second kappa shape index (κ2) is 4.73. The standard InChI is InChI=1S/C9H13N3O4/c10-6(13)2-1-5(9(11)16)12-7(14)3-4-8(12)15/h5H,1-4H2,(H2,10,13)(H2,11,16). The van der Waals surface area contributed by atoms with Crippen molar-refractivity contribution in [2.24, 2.45) is 11.5 Å². The van der Waals surface area contributed by atoms with E-state index >= 15 is 0 Å². The number of amides is 4. The first-order chi connectivity index (χ1) is 7.43. The van der Waals surface area contributed by atoms with Crippen molar-refractivity contribution in [1.82, 2.24) is 4.90 Å². The summed E-state index contributed by atoms with van der Waals surface area (Å²) in [4.78, 5) is 45.3. The highest BCUT2D eigenvalue weighted by Gasteiger charge is 2.37. The van der Waals surface area contributed by atoms with Gasteiger partial charge in [-0.05, 0) is 6.42 Å². The Bertz CT molecular complexity index is 337. The molecule has 1 saturated heterocycles. The molecule has 1 unspecified atom stereocenters. The fraction of sp³-hybridized carbons (Fsp3) is 0.556. The Balaban J connectivity index is 2.76. The number of hydrogen-bond acceptors (Lipinski definition) is 4. The number of primary amides is 2. The van der Waals surface area contributed by atoms with Crippen LogP contribution in [0.25, 0.3) is 0 Å². The molecule has 1 aliphatic rings. The van der Waals surface area contributed by atoms with Gasteiger partial charge >= 0.3 is 0 Å². The lowest BCUT2D eigenvalue weighted by Gasteiger charge is -2.22. The summed E-state index contributed by atoms with van der Waals surface area (Å²) in [7, 11) is 0. The molecule has 4 N–H and O–H groups in total. The van der Waals surface area contributed by atoms with Crippen LogP contribution in [0, 0.1) is 0 Å². The normalized spacial score (nSPS) is 17.6. The van der Waals surface area contributed by atoms with Gasteiger partial charge in [-0.15, -0.1) is 0 Å². The molecule has 1 atom stereocenters. The molecule has 16 heavy (non-hydrogen) atoms. The molecular formula is C9H13N3O4. The first-order valence-electron chi connectivity index (χ1n) is 4.86. The summed E-state index contributed by atoms with van der Waals surface area (Å²) in [6, 6.07) is -1.06. The lowest BCUT2D eigenvalue weighted by Crippen LogP contribution is -2.47. The lowest BCUT2D eigenvalue weighted by molar-refractivity contribution is -0.146. The number of nitrogens with two attached hydrogens (primary N) is 2. The van der Waals surface area contributed by atoms with Crippen LogP contribution in [0.2, 0.25) is 0 Å². The molecule has 0 saturated carbocycles. The zero-order chi connectivity index (χ0) is 12.3. The van der Waals surface area contributed by atoms with Crippen molar-refractivity contribution in [1.29, 1.82) is 0 Å². The van der Waals surface area contributed by atoms with Crippen molar-refractivity contribution in [3.8, 4) is 0 Å². The van der Waals surface area contributed by atoms with Crippen LogP contribution in [0.15, 0.2) is 0 Å². The van der Waals surface area contributed by atoms with Crippen LogP contribution in [0.1, 0.15) is 25.7 Å². The smallest absolute Gasteiger partial charge is 0.240 e. The Morgan fingerprint density at radius 3 is 2.06 bits per heavy atom. The van der Waals surface area contributed by atoms with Crippen LogP contribution < -0.4 is 11.5 Å². The molecule has 7 nitrogen and oxygen atoms in total. The first kappa shape index (κ1) is 12.2. The highest BCUT2D eigenvalue weighted by molar-refractivity contribution is 6.05. The van der Waals surface area contributed by atoms with Gasteiger partial charge < -0.3 is 11.5 Å². The molecule has 0 spiro atoms. The van der Waals surface area contributed by atoms with Crippen LogP contribution in [0.3, 0.4) is 0 Å². The maximum Gasteiger partial charge on any atom is 0.240 e. The maximum absolute atomic E-state index is 11.4. The number of carbonyl (C=O) groups excluding carboxylic acids is 4. The molecule has 0 aromatic rings. The minimum atomic E-state index is -1.06. The molecule has 0 aromatic heterocycles. The molecule has 0 aromatic carbocycles. The third kappa shape index (κ3) is 2.56. The summed E-state index contributed by atoms with van der Waals surface area (Å²) >= 11 is 0. The highest BCUT2D eigenvalue weighted by Crippen LogP contribution is 2.18. The Labute approximate surface area is 91.7 Å². The predicted molar refractivity (Wildman–Crippen MR) is 52.5 cm³/mol. The summed E-state index contributed by atoms with van der Waals surface area (Å²) in [5.74, 6) is -2.27. The van der Waals surface area contributed by atoms with Crippen molar-refractivity contribution in [2.45, 2.75) is 31.7 Å². The summed E-state index contributed by atoms with van der Waals surface area (Å²) in [6.07, 6.45) is 0.0607. The van der Waals surface area contributed by atoms with Crippen molar-refractivity contribution in [2.75, 3.05) is 0 Å². The average molecular weight is 227 g/mol. The highest BCUT2D eigenvalue weighted by atomic mass is 16.2. The van der Waals surface area contributed by atoms with Gasteiger partial charge in [0.1, 0.15) is 6.04 Å². The molecule has 0 bridgehead atoms. The average Bonchev–Trinajstić information content (AvgIpc) is 2.48. The molecule has 88 valence electrons. The fourth-order valence-electron chi connectivity index (χ4n) is 1.62. The van der Waals surface area contributed by atoms with E-state index in [1.54, 1.807) is 0 Å². The van der Waals surface area contributed by atoms with Crippen LogP contribution in [0.5, 0.6) is 0 Å². The van der Waals surface area contributed by atoms with Crippen LogP contribution in [0.4, 0.5) is 0 Å². The van der Waals surface area contributed by atoms with Gasteiger partial charge in [0.05, 0.1) is 0 Å². The SMILES string of the molecule is NC(=O)CCC(C(N)=O)N1C(=O)CCC1=O. The molecular weight excluding hydrogens is 214 g/mol. The van der Waals surface area contributed by atoms with E-state index < -0.39 is 29.7 Å². The molecule has 1 rings (SSSR count). The molecule has 1 fully saturated rings. The predicted octanol–water partition coefficient (Wildman–Crippen LogP) is -1.75. The van der Waals surface area contributed by atoms with Crippen molar-refractivity contribution >= 4 is 23.6 Å². The maximum atomic E-state index is 11.4. The summed E-state index contributed by atoms with van der Waals surface area (Å²) in [5, 5.41) is 0. The van der Waals surface area contributed by atoms with Crippen molar-refractivity contribution in [3.63, 3.8) is 0 Å². The molecule has 1 aliphatic heterocycles. The number of nitrogens with zero attached hydrogens (tertiary/aromatic N) is 1. The molecule has 4 amide bonds. The number of likely N-dealkylation sites (tertiary alicyclic amines) is 1. The van der Waals surface area contributed by atoms with Gasteiger partial charge in [-0.25, -0.2) is 0 Å². The summed E-state index contributed by atoms with van der Waals surface area (Å²) in [5.41, 5.74) is 10.0. The first-order valence-corrected chi connectivity index (χ1v) is 4.86. The van der Waals surface area contributed by atoms with Gasteiger partial charge in [0.2, 0.25) is 23.6 Å². The third-order valence-electron chi connectivity index (χ3n) is 2.39. The van der Waals surface area contributed by atoms with E-state index in [1.807, 2.05) is 0 Å². The molecule has 0 aliphatic carbocycles. The van der Waals surface area contributed by atoms with E-state index in [0.717, 1.165) is 4.90 Å². The number of rotatable bonds is 5. The van der Waals surface area contributed by atoms with Gasteiger partial charge in [0.15, 0.2) is 0 Å². The quantitative estimate of drug-likeness (QED) is 0.540. The second-order valence-corrected chi connectivity index (χ2v) is 3.58. The van der Waals surface area contributed by atoms with Gasteiger partial charge in [0.25, 0.3) is 0 Å². The van der Waals surface area contributed by atoms with Crippen LogP contribution >= 0.6 is 0 Å². The topological polar surface area (TPSA) is 124 Å². The zero-order valence-corrected chi connectivity index (χ0v) is 8.64. The fourth-order valence-corrected chi connectivity index (χ4v) is 1.62. The number of hydrogen-bond donors (Lipinski definition) is 2. The Morgan fingerprint density at radius 1 is 1.19 bits per heavy atom. The van der Waals surface area contributed by atoms with E-state index in [1.165, 1.54) is 0 Å². The van der Waals surface area contributed by atoms with Gasteiger partial charge in [-0.3, -0.25) is 24.1 Å². The van der Waals surface area contributed by atoms with Crippen LogP contribution in [-0.4, -0.2) is 34.6 Å². The lowest BCUT2D eigenvalue weighted by atomic mass is 10.1. The monoisotopic (exact) mass is 227 g/mol. The third-order valence-corrected chi connectivity index (χ3v) is 2.39. The minimum absolute atomic E-state index is 0.0118.